The fourth-order valence-corrected chi connectivity index (χ4v) is 1.96. The fraction of sp³-hybridized carbons (Fsp3) is 0.312. The number of hydrogen-bond donors (Lipinski definition) is 1. The molecule has 0 spiro atoms. The number of nitrogens with one attached hydrogen (secondary N) is 1. The molecule has 2 rings (SSSR count). The summed E-state index contributed by atoms with van der Waals surface area (Å²) in [5.41, 5.74) is 4.74. The first kappa shape index (κ1) is 13.6. The van der Waals surface area contributed by atoms with Gasteiger partial charge in [0.25, 0.3) is 0 Å². The van der Waals surface area contributed by atoms with E-state index in [-0.39, 0.29) is 0 Å². The SMILES string of the molecule is Cc1ccc(CNc2ccccc2CN(C)C)nc1. The second-order valence-corrected chi connectivity index (χ2v) is 5.08. The first-order valence-electron chi connectivity index (χ1n) is 6.53. The first-order valence-corrected chi connectivity index (χ1v) is 6.53. The molecular formula is C16H21N3. The van der Waals surface area contributed by atoms with E-state index in [2.05, 4.69) is 72.6 Å². The number of aromatic nitrogens is 1. The fourth-order valence-electron chi connectivity index (χ4n) is 1.96. The third-order valence-corrected chi connectivity index (χ3v) is 2.94. The van der Waals surface area contributed by atoms with Crippen molar-refractivity contribution in [2.24, 2.45) is 0 Å². The molecule has 1 aromatic carbocycles. The van der Waals surface area contributed by atoms with Crippen LogP contribution in [-0.4, -0.2) is 24.0 Å². The lowest BCUT2D eigenvalue weighted by atomic mass is 10.1. The second kappa shape index (κ2) is 6.34. The lowest BCUT2D eigenvalue weighted by Gasteiger charge is -2.15. The van der Waals surface area contributed by atoms with Gasteiger partial charge >= 0.3 is 0 Å². The van der Waals surface area contributed by atoms with Crippen molar-refractivity contribution in [2.45, 2.75) is 20.0 Å². The average molecular weight is 255 g/mol. The minimum atomic E-state index is 0.755. The summed E-state index contributed by atoms with van der Waals surface area (Å²) in [6.07, 6.45) is 1.91. The van der Waals surface area contributed by atoms with Crippen LogP contribution >= 0.6 is 0 Å². The summed E-state index contributed by atoms with van der Waals surface area (Å²) < 4.78 is 0. The van der Waals surface area contributed by atoms with Crippen LogP contribution < -0.4 is 5.32 Å². The molecule has 0 aliphatic heterocycles. The van der Waals surface area contributed by atoms with Crippen molar-refractivity contribution < 1.29 is 0 Å². The molecule has 0 radical (unpaired) electrons. The molecule has 1 N–H and O–H groups in total. The van der Waals surface area contributed by atoms with E-state index in [1.807, 2.05) is 6.20 Å². The summed E-state index contributed by atoms with van der Waals surface area (Å²) >= 11 is 0. The highest BCUT2D eigenvalue weighted by atomic mass is 15.1. The number of hydrogen-bond acceptors (Lipinski definition) is 3. The molecule has 0 saturated carbocycles. The molecule has 0 saturated heterocycles. The molecule has 0 unspecified atom stereocenters. The van der Waals surface area contributed by atoms with Crippen LogP contribution in [0, 0.1) is 6.92 Å². The molecule has 0 amide bonds. The predicted molar refractivity (Wildman–Crippen MR) is 80.1 cm³/mol. The van der Waals surface area contributed by atoms with E-state index < -0.39 is 0 Å². The maximum atomic E-state index is 4.41. The van der Waals surface area contributed by atoms with Crippen molar-refractivity contribution in [1.29, 1.82) is 0 Å². The van der Waals surface area contributed by atoms with Crippen molar-refractivity contribution in [3.63, 3.8) is 0 Å². The third-order valence-electron chi connectivity index (χ3n) is 2.94. The van der Waals surface area contributed by atoms with Crippen LogP contribution in [0.3, 0.4) is 0 Å². The van der Waals surface area contributed by atoms with E-state index in [9.17, 15) is 0 Å². The molecule has 0 atom stereocenters. The number of anilines is 1. The van der Waals surface area contributed by atoms with Crippen LogP contribution in [0.5, 0.6) is 0 Å². The molecule has 100 valence electrons. The maximum Gasteiger partial charge on any atom is 0.0594 e. The van der Waals surface area contributed by atoms with Crippen LogP contribution in [0.15, 0.2) is 42.6 Å². The average Bonchev–Trinajstić information content (AvgIpc) is 2.39. The van der Waals surface area contributed by atoms with Gasteiger partial charge in [-0.2, -0.15) is 0 Å². The molecule has 3 heteroatoms. The minimum Gasteiger partial charge on any atom is -0.379 e. The largest absolute Gasteiger partial charge is 0.379 e. The Bertz CT molecular complexity index is 518. The van der Waals surface area contributed by atoms with E-state index in [0.29, 0.717) is 0 Å². The lowest BCUT2D eigenvalue weighted by molar-refractivity contribution is 0.403. The summed E-state index contributed by atoms with van der Waals surface area (Å²) in [5.74, 6) is 0. The second-order valence-electron chi connectivity index (χ2n) is 5.08. The van der Waals surface area contributed by atoms with Gasteiger partial charge in [-0.15, -0.1) is 0 Å². The summed E-state index contributed by atoms with van der Waals surface area (Å²) in [6.45, 7) is 3.74. The Hall–Kier alpha value is -1.87. The van der Waals surface area contributed by atoms with Crippen molar-refractivity contribution in [2.75, 3.05) is 19.4 Å². The Balaban J connectivity index is 2.04. The molecule has 0 fully saturated rings. The highest BCUT2D eigenvalue weighted by molar-refractivity contribution is 5.51. The molecule has 0 bridgehead atoms. The van der Waals surface area contributed by atoms with Gasteiger partial charge in [0.2, 0.25) is 0 Å². The Morgan fingerprint density at radius 1 is 1.11 bits per heavy atom. The number of nitrogens with zero attached hydrogens (tertiary/aromatic N) is 2. The highest BCUT2D eigenvalue weighted by Gasteiger charge is 2.03. The molecule has 19 heavy (non-hydrogen) atoms. The monoisotopic (exact) mass is 255 g/mol. The Morgan fingerprint density at radius 2 is 1.89 bits per heavy atom. The lowest BCUT2D eigenvalue weighted by Crippen LogP contribution is -2.13. The molecule has 1 aromatic heterocycles. The quantitative estimate of drug-likeness (QED) is 0.890. The number of para-hydroxylation sites is 1. The van der Waals surface area contributed by atoms with Gasteiger partial charge in [0.05, 0.1) is 12.2 Å². The Kier molecular flexibility index (Phi) is 4.53. The van der Waals surface area contributed by atoms with Gasteiger partial charge in [0.15, 0.2) is 0 Å². The van der Waals surface area contributed by atoms with Gasteiger partial charge < -0.3 is 10.2 Å². The van der Waals surface area contributed by atoms with Crippen molar-refractivity contribution >= 4 is 5.69 Å². The maximum absolute atomic E-state index is 4.41. The zero-order valence-electron chi connectivity index (χ0n) is 11.9. The molecule has 3 nitrogen and oxygen atoms in total. The Morgan fingerprint density at radius 3 is 2.58 bits per heavy atom. The highest BCUT2D eigenvalue weighted by Crippen LogP contribution is 2.17. The minimum absolute atomic E-state index is 0.755. The van der Waals surface area contributed by atoms with Gasteiger partial charge in [-0.3, -0.25) is 4.98 Å². The molecule has 1 heterocycles. The molecule has 0 aliphatic carbocycles. The van der Waals surface area contributed by atoms with Crippen LogP contribution in [-0.2, 0) is 13.1 Å². The van der Waals surface area contributed by atoms with Gasteiger partial charge in [-0.25, -0.2) is 0 Å². The standard InChI is InChI=1S/C16H21N3/c1-13-8-9-15(17-10-13)11-18-16-7-5-4-6-14(16)12-19(2)3/h4-10,18H,11-12H2,1-3H3. The van der Waals surface area contributed by atoms with E-state index in [1.165, 1.54) is 16.8 Å². The number of pyridine rings is 1. The summed E-state index contributed by atoms with van der Waals surface area (Å²) in [7, 11) is 4.16. The normalized spacial score (nSPS) is 10.7. The van der Waals surface area contributed by atoms with Crippen molar-refractivity contribution in [3.8, 4) is 0 Å². The summed E-state index contributed by atoms with van der Waals surface area (Å²) in [5, 5.41) is 3.47. The van der Waals surface area contributed by atoms with Crippen LogP contribution in [0.1, 0.15) is 16.8 Å². The predicted octanol–water partition coefficient (Wildman–Crippen LogP) is 3.06. The topological polar surface area (TPSA) is 28.2 Å². The number of rotatable bonds is 5. The zero-order chi connectivity index (χ0) is 13.7. The number of aryl methyl sites for hydroxylation is 1. The summed E-state index contributed by atoms with van der Waals surface area (Å²) in [4.78, 5) is 6.58. The zero-order valence-corrected chi connectivity index (χ0v) is 11.9. The van der Waals surface area contributed by atoms with E-state index in [0.717, 1.165) is 18.8 Å². The van der Waals surface area contributed by atoms with Crippen LogP contribution in [0.4, 0.5) is 5.69 Å². The van der Waals surface area contributed by atoms with Crippen molar-refractivity contribution in [1.82, 2.24) is 9.88 Å². The van der Waals surface area contributed by atoms with Gasteiger partial charge in [-0.05, 0) is 44.3 Å². The van der Waals surface area contributed by atoms with Gasteiger partial charge in [-0.1, -0.05) is 24.3 Å². The Labute approximate surface area is 115 Å². The van der Waals surface area contributed by atoms with Crippen LogP contribution in [0.25, 0.3) is 0 Å². The molecule has 0 aliphatic rings. The van der Waals surface area contributed by atoms with E-state index in [4.69, 9.17) is 0 Å². The first-order chi connectivity index (χ1) is 9.15. The third kappa shape index (κ3) is 4.07. The molecular weight excluding hydrogens is 234 g/mol. The molecule has 2 aromatic rings. The number of benzene rings is 1. The van der Waals surface area contributed by atoms with Crippen molar-refractivity contribution in [3.05, 3.63) is 59.4 Å². The van der Waals surface area contributed by atoms with Gasteiger partial charge in [0.1, 0.15) is 0 Å². The van der Waals surface area contributed by atoms with Crippen LogP contribution in [0.2, 0.25) is 0 Å². The smallest absolute Gasteiger partial charge is 0.0594 e. The van der Waals surface area contributed by atoms with E-state index in [1.54, 1.807) is 0 Å². The van der Waals surface area contributed by atoms with Gasteiger partial charge in [0, 0.05) is 18.4 Å². The van der Waals surface area contributed by atoms with E-state index >= 15 is 0 Å². The summed E-state index contributed by atoms with van der Waals surface area (Å²) in [6, 6.07) is 12.6.